The third-order valence-electron chi connectivity index (χ3n) is 6.05. The van der Waals surface area contributed by atoms with Crippen LogP contribution >= 0.6 is 11.8 Å². The first-order valence-corrected chi connectivity index (χ1v) is 11.8. The smallest absolute Gasteiger partial charge is 0.234 e. The molecule has 7 nitrogen and oxygen atoms in total. The van der Waals surface area contributed by atoms with Gasteiger partial charge in [-0.15, -0.1) is 11.8 Å². The number of likely N-dealkylation sites (tertiary alicyclic amines) is 1. The van der Waals surface area contributed by atoms with Crippen molar-refractivity contribution in [1.82, 2.24) is 9.80 Å². The molecule has 2 aromatic rings. The molecule has 2 aliphatic rings. The van der Waals surface area contributed by atoms with Crippen molar-refractivity contribution in [3.8, 4) is 5.75 Å². The maximum atomic E-state index is 13.3. The van der Waals surface area contributed by atoms with Crippen LogP contribution in [0, 0.1) is 0 Å². The van der Waals surface area contributed by atoms with Crippen LogP contribution in [-0.2, 0) is 16.0 Å². The lowest BCUT2D eigenvalue weighted by atomic mass is 10.0. The van der Waals surface area contributed by atoms with E-state index >= 15 is 0 Å². The van der Waals surface area contributed by atoms with Crippen molar-refractivity contribution < 1.29 is 19.4 Å². The van der Waals surface area contributed by atoms with E-state index in [-0.39, 0.29) is 30.4 Å². The van der Waals surface area contributed by atoms with Crippen molar-refractivity contribution in [1.29, 1.82) is 0 Å². The Morgan fingerprint density at radius 3 is 2.94 bits per heavy atom. The van der Waals surface area contributed by atoms with Crippen LogP contribution in [0.25, 0.3) is 0 Å². The fourth-order valence-electron chi connectivity index (χ4n) is 4.24. The number of carbonyl (C=O) groups is 2. The summed E-state index contributed by atoms with van der Waals surface area (Å²) in [7, 11) is 3.46. The molecule has 0 spiro atoms. The summed E-state index contributed by atoms with van der Waals surface area (Å²) in [5.74, 6) is 1.14. The molecule has 32 heavy (non-hydrogen) atoms. The summed E-state index contributed by atoms with van der Waals surface area (Å²) in [5, 5.41) is 12.8. The summed E-state index contributed by atoms with van der Waals surface area (Å²) in [5.41, 5.74) is 2.63. The Kier molecular flexibility index (Phi) is 7.03. The van der Waals surface area contributed by atoms with Crippen LogP contribution in [0.4, 0.5) is 5.69 Å². The van der Waals surface area contributed by atoms with Gasteiger partial charge in [-0.3, -0.25) is 14.5 Å². The Hall–Kier alpha value is -2.55. The van der Waals surface area contributed by atoms with E-state index in [1.54, 1.807) is 12.0 Å². The predicted molar refractivity (Wildman–Crippen MR) is 125 cm³/mol. The molecule has 2 atom stereocenters. The maximum absolute atomic E-state index is 13.3. The number of amides is 2. The van der Waals surface area contributed by atoms with Crippen molar-refractivity contribution in [2.75, 3.05) is 44.9 Å². The number of fused-ring (bicyclic) bond motifs is 1. The minimum atomic E-state index is -0.314. The van der Waals surface area contributed by atoms with E-state index < -0.39 is 0 Å². The topological polar surface area (TPSA) is 82.1 Å². The van der Waals surface area contributed by atoms with Gasteiger partial charge in [-0.2, -0.15) is 0 Å². The number of hydrogen-bond acceptors (Lipinski definition) is 6. The van der Waals surface area contributed by atoms with Crippen LogP contribution in [-0.4, -0.2) is 72.4 Å². The average molecular weight is 456 g/mol. The minimum Gasteiger partial charge on any atom is -0.497 e. The zero-order valence-electron chi connectivity index (χ0n) is 18.4. The SMILES string of the molecule is COc1cccc([C@@H](CN2CCC(O)C2)N(C)C(=O)Cc2ccc3c(c2)NC(=O)CS3)c1. The van der Waals surface area contributed by atoms with E-state index in [0.717, 1.165) is 40.4 Å². The largest absolute Gasteiger partial charge is 0.497 e. The summed E-state index contributed by atoms with van der Waals surface area (Å²) in [6.07, 6.45) is 0.680. The highest BCUT2D eigenvalue weighted by Gasteiger charge is 2.28. The fraction of sp³-hybridized carbons (Fsp3) is 0.417. The van der Waals surface area contributed by atoms with Crippen LogP contribution in [0.15, 0.2) is 47.4 Å². The lowest BCUT2D eigenvalue weighted by Gasteiger charge is -2.32. The summed E-state index contributed by atoms with van der Waals surface area (Å²) in [6.45, 7) is 2.07. The monoisotopic (exact) mass is 455 g/mol. The van der Waals surface area contributed by atoms with Crippen molar-refractivity contribution in [2.24, 2.45) is 0 Å². The number of anilines is 1. The van der Waals surface area contributed by atoms with E-state index in [4.69, 9.17) is 4.74 Å². The van der Waals surface area contributed by atoms with Gasteiger partial charge in [0.2, 0.25) is 11.8 Å². The second-order valence-electron chi connectivity index (χ2n) is 8.34. The van der Waals surface area contributed by atoms with Crippen LogP contribution in [0.5, 0.6) is 5.75 Å². The van der Waals surface area contributed by atoms with E-state index in [1.165, 1.54) is 11.8 Å². The molecule has 2 N–H and O–H groups in total. The Morgan fingerprint density at radius 1 is 1.34 bits per heavy atom. The van der Waals surface area contributed by atoms with Gasteiger partial charge in [0, 0.05) is 31.6 Å². The number of rotatable bonds is 7. The molecule has 1 fully saturated rings. The van der Waals surface area contributed by atoms with Gasteiger partial charge < -0.3 is 20.1 Å². The first-order chi connectivity index (χ1) is 15.4. The van der Waals surface area contributed by atoms with E-state index in [0.29, 0.717) is 18.8 Å². The normalized spacial score (nSPS) is 19.2. The van der Waals surface area contributed by atoms with Crippen LogP contribution in [0.1, 0.15) is 23.6 Å². The molecule has 1 saturated heterocycles. The van der Waals surface area contributed by atoms with Gasteiger partial charge in [0.15, 0.2) is 0 Å². The number of β-amino-alcohol motifs (C(OH)–C–C–N with tert-alkyl or cyclic N) is 1. The molecule has 0 aliphatic carbocycles. The first kappa shape index (κ1) is 22.6. The van der Waals surface area contributed by atoms with Gasteiger partial charge in [-0.25, -0.2) is 0 Å². The summed E-state index contributed by atoms with van der Waals surface area (Å²) >= 11 is 1.51. The third kappa shape index (κ3) is 5.26. The highest BCUT2D eigenvalue weighted by atomic mass is 32.2. The number of nitrogens with zero attached hydrogens (tertiary/aromatic N) is 2. The van der Waals surface area contributed by atoms with E-state index in [2.05, 4.69) is 10.2 Å². The van der Waals surface area contributed by atoms with Gasteiger partial charge in [0.05, 0.1) is 37.1 Å². The molecule has 0 aromatic heterocycles. The average Bonchev–Trinajstić information content (AvgIpc) is 3.21. The van der Waals surface area contributed by atoms with Gasteiger partial charge in [-0.1, -0.05) is 18.2 Å². The molecular formula is C24H29N3O4S. The number of ether oxygens (including phenoxy) is 1. The highest BCUT2D eigenvalue weighted by Crippen LogP contribution is 2.32. The Labute approximate surface area is 192 Å². The van der Waals surface area contributed by atoms with Gasteiger partial charge in [0.25, 0.3) is 0 Å². The number of likely N-dealkylation sites (N-methyl/N-ethyl adjacent to an activating group) is 1. The number of hydrogen-bond donors (Lipinski definition) is 2. The molecule has 2 heterocycles. The molecule has 2 aromatic carbocycles. The second kappa shape index (κ2) is 9.94. The third-order valence-corrected chi connectivity index (χ3v) is 7.12. The van der Waals surface area contributed by atoms with Crippen LogP contribution < -0.4 is 10.1 Å². The summed E-state index contributed by atoms with van der Waals surface area (Å²) < 4.78 is 5.40. The molecule has 2 amide bonds. The Balaban J connectivity index is 1.53. The number of methoxy groups -OCH3 is 1. The predicted octanol–water partition coefficient (Wildman–Crippen LogP) is 2.55. The number of aliphatic hydroxyl groups excluding tert-OH is 1. The quantitative estimate of drug-likeness (QED) is 0.668. The number of aliphatic hydroxyl groups is 1. The molecule has 170 valence electrons. The minimum absolute atomic E-state index is 0.00713. The molecule has 2 aliphatic heterocycles. The Morgan fingerprint density at radius 2 is 2.19 bits per heavy atom. The molecule has 4 rings (SSSR count). The molecule has 1 unspecified atom stereocenters. The summed E-state index contributed by atoms with van der Waals surface area (Å²) in [4.78, 5) is 30.0. The lowest BCUT2D eigenvalue weighted by molar-refractivity contribution is -0.131. The van der Waals surface area contributed by atoms with E-state index in [1.807, 2.05) is 49.5 Å². The second-order valence-corrected chi connectivity index (χ2v) is 9.36. The van der Waals surface area contributed by atoms with Crippen molar-refractivity contribution in [3.05, 3.63) is 53.6 Å². The highest BCUT2D eigenvalue weighted by molar-refractivity contribution is 8.00. The molecule has 0 radical (unpaired) electrons. The Bertz CT molecular complexity index is 999. The number of thioether (sulfide) groups is 1. The van der Waals surface area contributed by atoms with Gasteiger partial charge in [0.1, 0.15) is 5.75 Å². The van der Waals surface area contributed by atoms with Gasteiger partial charge >= 0.3 is 0 Å². The number of benzene rings is 2. The van der Waals surface area contributed by atoms with Gasteiger partial charge in [-0.05, 0) is 41.8 Å². The van der Waals surface area contributed by atoms with E-state index in [9.17, 15) is 14.7 Å². The van der Waals surface area contributed by atoms with Crippen molar-refractivity contribution in [2.45, 2.75) is 29.9 Å². The van der Waals surface area contributed by atoms with Crippen LogP contribution in [0.3, 0.4) is 0 Å². The van der Waals surface area contributed by atoms with Crippen molar-refractivity contribution in [3.63, 3.8) is 0 Å². The first-order valence-electron chi connectivity index (χ1n) is 10.8. The lowest BCUT2D eigenvalue weighted by Crippen LogP contribution is -2.39. The zero-order valence-corrected chi connectivity index (χ0v) is 19.2. The maximum Gasteiger partial charge on any atom is 0.234 e. The molecule has 8 heteroatoms. The fourth-order valence-corrected chi connectivity index (χ4v) is 5.02. The molecule has 0 saturated carbocycles. The van der Waals surface area contributed by atoms with Crippen LogP contribution in [0.2, 0.25) is 0 Å². The molecule has 0 bridgehead atoms. The number of carbonyl (C=O) groups excluding carboxylic acids is 2. The molecular weight excluding hydrogens is 426 g/mol. The summed E-state index contributed by atoms with van der Waals surface area (Å²) in [6, 6.07) is 13.4. The standard InChI is InChI=1S/C24H29N3O4S/c1-26(24(30)11-16-6-7-22-20(10-16)25-23(29)15-32-22)21(14-27-9-8-18(28)13-27)17-4-3-5-19(12-17)31-2/h3-7,10,12,18,21,28H,8-9,11,13-15H2,1-2H3,(H,25,29)/t18?,21-/m1/s1. The number of nitrogens with one attached hydrogen (secondary N) is 1. The zero-order chi connectivity index (χ0) is 22.7. The van der Waals surface area contributed by atoms with Crippen molar-refractivity contribution >= 4 is 29.3 Å².